The molecule has 0 aliphatic carbocycles. The molecule has 1 amide bonds. The average molecular weight is 292 g/mol. The van der Waals surface area contributed by atoms with Crippen LogP contribution in [0.15, 0.2) is 67.4 Å². The molecule has 1 unspecified atom stereocenters. The van der Waals surface area contributed by atoms with Gasteiger partial charge in [0, 0.05) is 18.1 Å². The van der Waals surface area contributed by atoms with Gasteiger partial charge in [-0.2, -0.15) is 0 Å². The van der Waals surface area contributed by atoms with Crippen LogP contribution in [-0.4, -0.2) is 20.4 Å². The second kappa shape index (κ2) is 6.22. The summed E-state index contributed by atoms with van der Waals surface area (Å²) in [5.41, 5.74) is 2.42. The van der Waals surface area contributed by atoms with Crippen molar-refractivity contribution in [1.82, 2.24) is 19.9 Å². The summed E-state index contributed by atoms with van der Waals surface area (Å²) in [6.07, 6.45) is 6.64. The molecule has 2 aromatic heterocycles. The summed E-state index contributed by atoms with van der Waals surface area (Å²) in [6, 6.07) is 13.3. The smallest absolute Gasteiger partial charge is 0.270 e. The number of benzene rings is 1. The van der Waals surface area contributed by atoms with Crippen molar-refractivity contribution in [2.24, 2.45) is 0 Å². The number of carbonyl (C=O) groups is 1. The molecule has 5 nitrogen and oxygen atoms in total. The van der Waals surface area contributed by atoms with E-state index in [0.29, 0.717) is 5.69 Å². The van der Waals surface area contributed by atoms with Gasteiger partial charge in [-0.05, 0) is 36.8 Å². The molecule has 22 heavy (non-hydrogen) atoms. The summed E-state index contributed by atoms with van der Waals surface area (Å²) in [5.74, 6) is -0.161. The molecular weight excluding hydrogens is 276 g/mol. The highest BCUT2D eigenvalue weighted by molar-refractivity contribution is 5.93. The Labute approximate surface area is 128 Å². The maximum atomic E-state index is 12.5. The summed E-state index contributed by atoms with van der Waals surface area (Å²) in [5, 5.41) is 2.98. The summed E-state index contributed by atoms with van der Waals surface area (Å²) in [6.45, 7) is 1.94. The van der Waals surface area contributed by atoms with Gasteiger partial charge in [-0.25, -0.2) is 4.98 Å². The van der Waals surface area contributed by atoms with E-state index < -0.39 is 0 Å². The summed E-state index contributed by atoms with van der Waals surface area (Å²) in [4.78, 5) is 20.6. The van der Waals surface area contributed by atoms with Gasteiger partial charge in [-0.3, -0.25) is 14.3 Å². The van der Waals surface area contributed by atoms with E-state index in [9.17, 15) is 4.79 Å². The van der Waals surface area contributed by atoms with Gasteiger partial charge in [0.2, 0.25) is 0 Å². The summed E-state index contributed by atoms with van der Waals surface area (Å²) >= 11 is 0. The minimum Gasteiger partial charge on any atom is -0.344 e. The van der Waals surface area contributed by atoms with Gasteiger partial charge in [0.15, 0.2) is 0 Å². The van der Waals surface area contributed by atoms with E-state index in [0.717, 1.165) is 11.3 Å². The number of hydrogen-bond acceptors (Lipinski definition) is 3. The summed E-state index contributed by atoms with van der Waals surface area (Å²) in [7, 11) is 0. The number of imidazole rings is 1. The first-order valence-corrected chi connectivity index (χ1v) is 7.04. The molecule has 5 heteroatoms. The second-order valence-corrected chi connectivity index (χ2v) is 4.96. The van der Waals surface area contributed by atoms with Gasteiger partial charge in [0.25, 0.3) is 5.91 Å². The standard InChI is InChI=1S/C17H16N4O/c1-13(14-7-9-18-10-8-14)20-17(22)16-11-19-12-21(16)15-5-3-2-4-6-15/h2-13H,1H3,(H,20,22). The molecule has 0 spiro atoms. The van der Waals surface area contributed by atoms with Crippen LogP contribution in [0.25, 0.3) is 5.69 Å². The van der Waals surface area contributed by atoms with Crippen LogP contribution in [0.2, 0.25) is 0 Å². The number of carbonyl (C=O) groups excluding carboxylic acids is 1. The molecule has 0 radical (unpaired) electrons. The van der Waals surface area contributed by atoms with Crippen molar-refractivity contribution in [3.05, 3.63) is 78.6 Å². The SMILES string of the molecule is CC(NC(=O)c1cncn1-c1ccccc1)c1ccncc1. The van der Waals surface area contributed by atoms with Crippen LogP contribution in [0.1, 0.15) is 29.0 Å². The minimum absolute atomic E-state index is 0.102. The molecule has 2 heterocycles. The fourth-order valence-corrected chi connectivity index (χ4v) is 2.26. The van der Waals surface area contributed by atoms with Crippen LogP contribution in [0.4, 0.5) is 0 Å². The molecule has 0 saturated carbocycles. The second-order valence-electron chi connectivity index (χ2n) is 4.96. The first kappa shape index (κ1) is 14.0. The molecule has 0 fully saturated rings. The maximum Gasteiger partial charge on any atom is 0.270 e. The highest BCUT2D eigenvalue weighted by Crippen LogP contribution is 2.14. The van der Waals surface area contributed by atoms with E-state index in [1.165, 1.54) is 0 Å². The molecule has 1 atom stereocenters. The van der Waals surface area contributed by atoms with E-state index in [-0.39, 0.29) is 11.9 Å². The Bertz CT molecular complexity index is 753. The zero-order valence-corrected chi connectivity index (χ0v) is 12.2. The Balaban J connectivity index is 1.81. The van der Waals surface area contributed by atoms with Crippen molar-refractivity contribution in [3.63, 3.8) is 0 Å². The molecule has 0 aliphatic rings. The fourth-order valence-electron chi connectivity index (χ4n) is 2.26. The Kier molecular flexibility index (Phi) is 3.96. The number of para-hydroxylation sites is 1. The third-order valence-electron chi connectivity index (χ3n) is 3.46. The van der Waals surface area contributed by atoms with Crippen LogP contribution >= 0.6 is 0 Å². The molecule has 1 N–H and O–H groups in total. The third kappa shape index (κ3) is 2.88. The molecule has 110 valence electrons. The maximum absolute atomic E-state index is 12.5. The van der Waals surface area contributed by atoms with Crippen molar-refractivity contribution in [1.29, 1.82) is 0 Å². The largest absolute Gasteiger partial charge is 0.344 e. The van der Waals surface area contributed by atoms with Crippen molar-refractivity contribution >= 4 is 5.91 Å². The normalized spacial score (nSPS) is 11.9. The lowest BCUT2D eigenvalue weighted by molar-refractivity contribution is 0.0933. The highest BCUT2D eigenvalue weighted by Gasteiger charge is 2.16. The third-order valence-corrected chi connectivity index (χ3v) is 3.46. The Hall–Kier alpha value is -2.95. The van der Waals surface area contributed by atoms with Crippen LogP contribution in [-0.2, 0) is 0 Å². The van der Waals surface area contributed by atoms with Gasteiger partial charge in [-0.15, -0.1) is 0 Å². The lowest BCUT2D eigenvalue weighted by Crippen LogP contribution is -2.28. The monoisotopic (exact) mass is 292 g/mol. The number of pyridine rings is 1. The predicted molar refractivity (Wildman–Crippen MR) is 83.7 cm³/mol. The van der Waals surface area contributed by atoms with E-state index in [2.05, 4.69) is 15.3 Å². The van der Waals surface area contributed by atoms with Crippen LogP contribution in [0.5, 0.6) is 0 Å². The molecule has 3 rings (SSSR count). The Morgan fingerprint density at radius 2 is 1.82 bits per heavy atom. The van der Waals surface area contributed by atoms with Crippen LogP contribution in [0.3, 0.4) is 0 Å². The Morgan fingerprint density at radius 1 is 1.09 bits per heavy atom. The van der Waals surface area contributed by atoms with Crippen molar-refractivity contribution < 1.29 is 4.79 Å². The molecule has 0 aliphatic heterocycles. The summed E-state index contributed by atoms with van der Waals surface area (Å²) < 4.78 is 1.77. The highest BCUT2D eigenvalue weighted by atomic mass is 16.2. The lowest BCUT2D eigenvalue weighted by Gasteiger charge is -2.15. The fraction of sp³-hybridized carbons (Fsp3) is 0.118. The van der Waals surface area contributed by atoms with Gasteiger partial charge >= 0.3 is 0 Å². The molecular formula is C17H16N4O. The van der Waals surface area contributed by atoms with E-state index in [1.54, 1.807) is 29.5 Å². The number of hydrogen-bond donors (Lipinski definition) is 1. The number of nitrogens with zero attached hydrogens (tertiary/aromatic N) is 3. The van der Waals surface area contributed by atoms with Crippen molar-refractivity contribution in [3.8, 4) is 5.69 Å². The van der Waals surface area contributed by atoms with E-state index in [1.807, 2.05) is 49.4 Å². The number of aromatic nitrogens is 3. The molecule has 0 bridgehead atoms. The molecule has 0 saturated heterocycles. The van der Waals surface area contributed by atoms with Crippen molar-refractivity contribution in [2.75, 3.05) is 0 Å². The lowest BCUT2D eigenvalue weighted by atomic mass is 10.1. The van der Waals surface area contributed by atoms with Crippen LogP contribution in [0, 0.1) is 0 Å². The zero-order chi connectivity index (χ0) is 15.4. The first-order valence-electron chi connectivity index (χ1n) is 7.04. The van der Waals surface area contributed by atoms with Crippen molar-refractivity contribution in [2.45, 2.75) is 13.0 Å². The minimum atomic E-state index is -0.161. The van der Waals surface area contributed by atoms with E-state index >= 15 is 0 Å². The predicted octanol–water partition coefficient (Wildman–Crippen LogP) is 2.76. The van der Waals surface area contributed by atoms with Gasteiger partial charge in [0.05, 0.1) is 18.6 Å². The van der Waals surface area contributed by atoms with Crippen LogP contribution < -0.4 is 5.32 Å². The Morgan fingerprint density at radius 3 is 2.55 bits per heavy atom. The van der Waals surface area contributed by atoms with Gasteiger partial charge in [0.1, 0.15) is 5.69 Å². The number of rotatable bonds is 4. The molecule has 1 aromatic carbocycles. The van der Waals surface area contributed by atoms with E-state index in [4.69, 9.17) is 0 Å². The first-order chi connectivity index (χ1) is 10.8. The quantitative estimate of drug-likeness (QED) is 0.804. The number of nitrogens with one attached hydrogen (secondary N) is 1. The number of amides is 1. The molecule has 3 aromatic rings. The zero-order valence-electron chi connectivity index (χ0n) is 12.2. The average Bonchev–Trinajstić information content (AvgIpc) is 3.06. The topological polar surface area (TPSA) is 59.8 Å². The van der Waals surface area contributed by atoms with Gasteiger partial charge in [-0.1, -0.05) is 18.2 Å². The van der Waals surface area contributed by atoms with Gasteiger partial charge < -0.3 is 5.32 Å².